The fraction of sp³-hybridized carbons (Fsp3) is 0.148. The lowest BCUT2D eigenvalue weighted by Gasteiger charge is -2.36. The lowest BCUT2D eigenvalue weighted by Crippen LogP contribution is -2.48. The van der Waals surface area contributed by atoms with Crippen LogP contribution in [0.2, 0.25) is 0 Å². The lowest BCUT2D eigenvalue weighted by molar-refractivity contribution is -0.122. The van der Waals surface area contributed by atoms with Gasteiger partial charge in [0.05, 0.1) is 23.6 Å². The van der Waals surface area contributed by atoms with Gasteiger partial charge in [-0.1, -0.05) is 60.7 Å². The van der Waals surface area contributed by atoms with Crippen LogP contribution in [0.1, 0.15) is 15.9 Å². The molecule has 0 unspecified atom stereocenters. The van der Waals surface area contributed by atoms with Crippen molar-refractivity contribution in [3.8, 4) is 0 Å². The average Bonchev–Trinajstić information content (AvgIpc) is 3.33. The molecule has 0 radical (unpaired) electrons. The number of amides is 2. The highest BCUT2D eigenvalue weighted by molar-refractivity contribution is 6.25. The van der Waals surface area contributed by atoms with Gasteiger partial charge in [-0.05, 0) is 35.9 Å². The zero-order valence-electron chi connectivity index (χ0n) is 17.5. The van der Waals surface area contributed by atoms with Gasteiger partial charge < -0.3 is 4.90 Å². The molecule has 6 heteroatoms. The number of carbonyl (C=O) groups is 3. The Kier molecular flexibility index (Phi) is 4.30. The smallest absolute Gasteiger partial charge is 0.240 e. The van der Waals surface area contributed by atoms with Gasteiger partial charge in [0.25, 0.3) is 0 Å². The minimum Gasteiger partial charge on any atom is -0.352 e. The van der Waals surface area contributed by atoms with E-state index in [1.807, 2.05) is 47.4 Å². The van der Waals surface area contributed by atoms with Crippen molar-refractivity contribution >= 4 is 35.0 Å². The molecule has 3 aliphatic heterocycles. The van der Waals surface area contributed by atoms with Crippen LogP contribution in [0.3, 0.4) is 0 Å². The van der Waals surface area contributed by atoms with Crippen molar-refractivity contribution in [2.45, 2.75) is 12.1 Å². The molecule has 2 amide bonds. The Morgan fingerprint density at radius 2 is 1.45 bits per heavy atom. The molecular weight excluding hydrogens is 419 g/mol. The van der Waals surface area contributed by atoms with Crippen LogP contribution < -0.4 is 9.80 Å². The van der Waals surface area contributed by atoms with Gasteiger partial charge in [-0.3, -0.25) is 14.4 Å². The molecule has 162 valence electrons. The molecule has 0 saturated carbocycles. The fourth-order valence-electron chi connectivity index (χ4n) is 5.43. The molecule has 5 nitrogen and oxygen atoms in total. The largest absolute Gasteiger partial charge is 0.352 e. The number of ketones is 1. The van der Waals surface area contributed by atoms with Crippen LogP contribution in [-0.2, 0) is 9.59 Å². The second-order valence-corrected chi connectivity index (χ2v) is 8.53. The van der Waals surface area contributed by atoms with Crippen LogP contribution in [0.25, 0.3) is 6.08 Å². The number of fused-ring (bicyclic) bond motifs is 5. The second kappa shape index (κ2) is 7.24. The van der Waals surface area contributed by atoms with E-state index in [2.05, 4.69) is 0 Å². The molecule has 2 fully saturated rings. The maximum Gasteiger partial charge on any atom is 0.240 e. The first-order chi connectivity index (χ1) is 16.1. The molecular formula is C27H19FN2O3. The van der Waals surface area contributed by atoms with E-state index in [0.717, 1.165) is 16.2 Å². The minimum absolute atomic E-state index is 0.194. The number of imide groups is 1. The number of anilines is 2. The number of para-hydroxylation sites is 1. The first-order valence-electron chi connectivity index (χ1n) is 10.8. The summed E-state index contributed by atoms with van der Waals surface area (Å²) < 4.78 is 13.5. The molecule has 6 rings (SSSR count). The normalized spacial score (nSPS) is 25.1. The van der Waals surface area contributed by atoms with E-state index in [1.54, 1.807) is 24.3 Å². The third-order valence-electron chi connectivity index (χ3n) is 6.83. The van der Waals surface area contributed by atoms with Crippen molar-refractivity contribution in [3.63, 3.8) is 0 Å². The lowest BCUT2D eigenvalue weighted by atomic mass is 9.86. The first kappa shape index (κ1) is 19.6. The third kappa shape index (κ3) is 2.80. The molecule has 0 bridgehead atoms. The number of hydrogen-bond acceptors (Lipinski definition) is 4. The summed E-state index contributed by atoms with van der Waals surface area (Å²) in [4.78, 5) is 44.1. The predicted molar refractivity (Wildman–Crippen MR) is 122 cm³/mol. The Labute approximate surface area is 189 Å². The van der Waals surface area contributed by atoms with Gasteiger partial charge >= 0.3 is 0 Å². The standard InChI is InChI=1S/C27H19FN2O3/c28-18-11-13-19(14-12-18)29-26(32)22-21-15-10-16-6-4-5-9-20(16)30(21)24(23(22)27(29)33)25(31)17-7-2-1-3-8-17/h1-15,21-24H/t21-,22-,23-,24+/m1/s1. The molecule has 3 aliphatic rings. The summed E-state index contributed by atoms with van der Waals surface area (Å²) in [6, 6.07) is 20.6. The molecule has 4 atom stereocenters. The van der Waals surface area contributed by atoms with E-state index in [0.29, 0.717) is 11.3 Å². The van der Waals surface area contributed by atoms with Crippen LogP contribution >= 0.6 is 0 Å². The van der Waals surface area contributed by atoms with Gasteiger partial charge in [-0.25, -0.2) is 9.29 Å². The Balaban J connectivity index is 1.50. The highest BCUT2D eigenvalue weighted by atomic mass is 19.1. The van der Waals surface area contributed by atoms with Gasteiger partial charge in [0.2, 0.25) is 11.8 Å². The zero-order chi connectivity index (χ0) is 22.7. The average molecular weight is 438 g/mol. The van der Waals surface area contributed by atoms with Crippen LogP contribution in [0.4, 0.5) is 15.8 Å². The number of rotatable bonds is 3. The molecule has 3 aromatic carbocycles. The zero-order valence-corrected chi connectivity index (χ0v) is 17.5. The maximum atomic E-state index is 13.8. The highest BCUT2D eigenvalue weighted by Gasteiger charge is 2.64. The molecule has 3 aromatic rings. The van der Waals surface area contributed by atoms with Crippen molar-refractivity contribution in [1.29, 1.82) is 0 Å². The first-order valence-corrected chi connectivity index (χ1v) is 10.8. The van der Waals surface area contributed by atoms with E-state index in [9.17, 15) is 18.8 Å². The van der Waals surface area contributed by atoms with Crippen molar-refractivity contribution in [1.82, 2.24) is 0 Å². The van der Waals surface area contributed by atoms with Gasteiger partial charge in [0.15, 0.2) is 5.78 Å². The fourth-order valence-corrected chi connectivity index (χ4v) is 5.43. The minimum atomic E-state index is -0.837. The molecule has 0 spiro atoms. The van der Waals surface area contributed by atoms with Gasteiger partial charge in [-0.2, -0.15) is 0 Å². The third-order valence-corrected chi connectivity index (χ3v) is 6.83. The summed E-state index contributed by atoms with van der Waals surface area (Å²) in [7, 11) is 0. The van der Waals surface area contributed by atoms with E-state index >= 15 is 0 Å². The number of Topliss-reactive ketones (excluding diaryl/α,β-unsaturated/α-hetero) is 1. The predicted octanol–water partition coefficient (Wildman–Crippen LogP) is 4.10. The number of benzene rings is 3. The molecule has 33 heavy (non-hydrogen) atoms. The van der Waals surface area contributed by atoms with E-state index in [1.165, 1.54) is 24.3 Å². The molecule has 3 heterocycles. The van der Waals surface area contributed by atoms with Crippen molar-refractivity contribution in [3.05, 3.63) is 102 Å². The summed E-state index contributed by atoms with van der Waals surface area (Å²) in [5.41, 5.74) is 2.59. The Morgan fingerprint density at radius 1 is 0.788 bits per heavy atom. The highest BCUT2D eigenvalue weighted by Crippen LogP contribution is 2.49. The van der Waals surface area contributed by atoms with E-state index in [4.69, 9.17) is 0 Å². The van der Waals surface area contributed by atoms with E-state index in [-0.39, 0.29) is 11.7 Å². The summed E-state index contributed by atoms with van der Waals surface area (Å²) >= 11 is 0. The SMILES string of the molecule is O=C(c1ccccc1)[C@@H]1[C@@H]2C(=O)N(c3ccc(F)cc3)C(=O)[C@@H]2[C@H]2C=Cc3ccccc3N21. The van der Waals surface area contributed by atoms with Crippen molar-refractivity contribution in [2.24, 2.45) is 11.8 Å². The molecule has 2 saturated heterocycles. The summed E-state index contributed by atoms with van der Waals surface area (Å²) in [6.45, 7) is 0. The number of carbonyl (C=O) groups excluding carboxylic acids is 3. The topological polar surface area (TPSA) is 57.7 Å². The summed E-state index contributed by atoms with van der Waals surface area (Å²) in [5.74, 6) is -2.97. The van der Waals surface area contributed by atoms with Gasteiger partial charge in [-0.15, -0.1) is 0 Å². The van der Waals surface area contributed by atoms with E-state index < -0.39 is 35.6 Å². The van der Waals surface area contributed by atoms with Crippen LogP contribution in [-0.4, -0.2) is 29.7 Å². The van der Waals surface area contributed by atoms with Gasteiger partial charge in [0, 0.05) is 11.3 Å². The van der Waals surface area contributed by atoms with Crippen molar-refractivity contribution < 1.29 is 18.8 Å². The van der Waals surface area contributed by atoms with Crippen molar-refractivity contribution in [2.75, 3.05) is 9.80 Å². The Bertz CT molecular complexity index is 1320. The number of hydrogen-bond donors (Lipinski definition) is 0. The molecule has 0 aromatic heterocycles. The maximum absolute atomic E-state index is 13.8. The van der Waals surface area contributed by atoms with Crippen LogP contribution in [0.15, 0.2) is 84.9 Å². The number of halogens is 1. The molecule has 0 aliphatic carbocycles. The summed E-state index contributed by atoms with van der Waals surface area (Å²) in [6.07, 6.45) is 3.86. The summed E-state index contributed by atoms with van der Waals surface area (Å²) in [5, 5.41) is 0. The Morgan fingerprint density at radius 3 is 2.21 bits per heavy atom. The van der Waals surface area contributed by atoms with Crippen LogP contribution in [0, 0.1) is 17.7 Å². The number of nitrogens with zero attached hydrogens (tertiary/aromatic N) is 2. The monoisotopic (exact) mass is 438 g/mol. The Hall–Kier alpha value is -4.06. The molecule has 0 N–H and O–H groups in total. The quantitative estimate of drug-likeness (QED) is 0.457. The van der Waals surface area contributed by atoms with Crippen LogP contribution in [0.5, 0.6) is 0 Å². The van der Waals surface area contributed by atoms with Gasteiger partial charge in [0.1, 0.15) is 11.9 Å². The second-order valence-electron chi connectivity index (χ2n) is 8.53.